The molecule has 1 aromatic rings. The first-order chi connectivity index (χ1) is 11.6. The van der Waals surface area contributed by atoms with Crippen LogP contribution in [0.3, 0.4) is 0 Å². The van der Waals surface area contributed by atoms with Crippen molar-refractivity contribution in [3.05, 3.63) is 24.3 Å². The van der Waals surface area contributed by atoms with E-state index >= 15 is 0 Å². The van der Waals surface area contributed by atoms with Gasteiger partial charge in [-0.1, -0.05) is 26.0 Å². The maximum absolute atomic E-state index is 11.0. The fourth-order valence-corrected chi connectivity index (χ4v) is 3.14. The molecule has 1 saturated heterocycles. The summed E-state index contributed by atoms with van der Waals surface area (Å²) in [7, 11) is 0. The highest BCUT2D eigenvalue weighted by Crippen LogP contribution is 2.29. The van der Waals surface area contributed by atoms with E-state index in [9.17, 15) is 4.79 Å². The van der Waals surface area contributed by atoms with Crippen LogP contribution >= 0.6 is 0 Å². The molecule has 2 rings (SSSR count). The smallest absolute Gasteiger partial charge is 0.407 e. The van der Waals surface area contributed by atoms with Gasteiger partial charge in [-0.3, -0.25) is 4.90 Å². The molecule has 0 saturated carbocycles. The average Bonchev–Trinajstić information content (AvgIpc) is 2.61. The first-order valence-electron chi connectivity index (χ1n) is 8.75. The van der Waals surface area contributed by atoms with Crippen LogP contribution < -0.4 is 9.64 Å². The van der Waals surface area contributed by atoms with Crippen molar-refractivity contribution in [3.63, 3.8) is 0 Å². The van der Waals surface area contributed by atoms with Gasteiger partial charge in [0.1, 0.15) is 12.4 Å². The number of ether oxygens (including phenoxy) is 1. The van der Waals surface area contributed by atoms with Crippen molar-refractivity contribution in [1.29, 1.82) is 0 Å². The van der Waals surface area contributed by atoms with Crippen molar-refractivity contribution in [2.24, 2.45) is 0 Å². The monoisotopic (exact) mass is 335 g/mol. The van der Waals surface area contributed by atoms with E-state index in [0.717, 1.165) is 24.5 Å². The van der Waals surface area contributed by atoms with Gasteiger partial charge in [0.05, 0.1) is 5.69 Å². The Morgan fingerprint density at radius 2 is 1.83 bits per heavy atom. The molecule has 1 fully saturated rings. The van der Waals surface area contributed by atoms with E-state index in [-0.39, 0.29) is 0 Å². The van der Waals surface area contributed by atoms with Gasteiger partial charge in [0.25, 0.3) is 0 Å². The minimum absolute atomic E-state index is 0.358. The second kappa shape index (κ2) is 8.78. The third-order valence-corrected chi connectivity index (χ3v) is 4.67. The molecule has 0 radical (unpaired) electrons. The number of carboxylic acid groups (broad SMARTS) is 1. The standard InChI is InChI=1S/C18H29N3O3/c1-4-19(5-2)15(3)14-24-17-9-7-6-8-16(17)20-10-12-21(13-11-20)18(22)23/h6-9,15H,4-5,10-14H2,1-3H3,(H,22,23). The quantitative estimate of drug-likeness (QED) is 0.830. The van der Waals surface area contributed by atoms with E-state index < -0.39 is 6.09 Å². The SMILES string of the molecule is CCN(CC)C(C)COc1ccccc1N1CCN(C(=O)O)CC1. The third kappa shape index (κ3) is 4.54. The molecule has 24 heavy (non-hydrogen) atoms. The van der Waals surface area contributed by atoms with Gasteiger partial charge in [0.2, 0.25) is 0 Å². The van der Waals surface area contributed by atoms with Crippen LogP contribution in [0.2, 0.25) is 0 Å². The molecule has 0 aromatic heterocycles. The Balaban J connectivity index is 1.99. The van der Waals surface area contributed by atoms with Crippen molar-refractivity contribution in [2.45, 2.75) is 26.8 Å². The first-order valence-corrected chi connectivity index (χ1v) is 8.75. The molecule has 1 unspecified atom stereocenters. The minimum atomic E-state index is -0.841. The second-order valence-corrected chi connectivity index (χ2v) is 6.11. The fourth-order valence-electron chi connectivity index (χ4n) is 3.14. The molecule has 0 spiro atoms. The van der Waals surface area contributed by atoms with Crippen LogP contribution in [0.5, 0.6) is 5.75 Å². The zero-order chi connectivity index (χ0) is 17.5. The number of hydrogen-bond acceptors (Lipinski definition) is 4. The number of likely N-dealkylation sites (N-methyl/N-ethyl adjacent to an activating group) is 1. The number of anilines is 1. The Kier molecular flexibility index (Phi) is 6.73. The molecule has 6 heteroatoms. The van der Waals surface area contributed by atoms with Crippen LogP contribution in [-0.2, 0) is 0 Å². The Labute approximate surface area is 144 Å². The zero-order valence-corrected chi connectivity index (χ0v) is 14.9. The van der Waals surface area contributed by atoms with Gasteiger partial charge in [0.15, 0.2) is 0 Å². The summed E-state index contributed by atoms with van der Waals surface area (Å²) in [4.78, 5) is 17.1. The lowest BCUT2D eigenvalue weighted by Gasteiger charge is -2.35. The third-order valence-electron chi connectivity index (χ3n) is 4.67. The van der Waals surface area contributed by atoms with E-state index in [1.165, 1.54) is 4.90 Å². The molecule has 1 amide bonds. The molecule has 0 aliphatic carbocycles. The van der Waals surface area contributed by atoms with E-state index in [2.05, 4.69) is 30.6 Å². The van der Waals surface area contributed by atoms with Crippen molar-refractivity contribution < 1.29 is 14.6 Å². The topological polar surface area (TPSA) is 56.2 Å². The van der Waals surface area contributed by atoms with E-state index in [1.54, 1.807) is 0 Å². The number of benzene rings is 1. The molecule has 1 atom stereocenters. The number of para-hydroxylation sites is 2. The molecule has 1 heterocycles. The molecule has 0 bridgehead atoms. The first kappa shape index (κ1) is 18.4. The number of amides is 1. The zero-order valence-electron chi connectivity index (χ0n) is 14.9. The second-order valence-electron chi connectivity index (χ2n) is 6.11. The van der Waals surface area contributed by atoms with Crippen molar-refractivity contribution >= 4 is 11.8 Å². The molecule has 1 aliphatic heterocycles. The minimum Gasteiger partial charge on any atom is -0.490 e. The normalized spacial score (nSPS) is 16.3. The summed E-state index contributed by atoms with van der Waals surface area (Å²) in [5.74, 6) is 0.875. The van der Waals surface area contributed by atoms with Gasteiger partial charge in [-0.2, -0.15) is 0 Å². The Bertz CT molecular complexity index is 526. The van der Waals surface area contributed by atoms with Gasteiger partial charge in [-0.05, 0) is 32.1 Å². The highest BCUT2D eigenvalue weighted by molar-refractivity contribution is 5.66. The largest absolute Gasteiger partial charge is 0.490 e. The van der Waals surface area contributed by atoms with Crippen molar-refractivity contribution in [3.8, 4) is 5.75 Å². The van der Waals surface area contributed by atoms with Crippen LogP contribution in [0.1, 0.15) is 20.8 Å². The van der Waals surface area contributed by atoms with E-state index in [0.29, 0.717) is 38.8 Å². The summed E-state index contributed by atoms with van der Waals surface area (Å²) in [6, 6.07) is 8.38. The van der Waals surface area contributed by atoms with Crippen molar-refractivity contribution in [2.75, 3.05) is 50.8 Å². The van der Waals surface area contributed by atoms with Crippen LogP contribution in [0, 0.1) is 0 Å². The number of piperazine rings is 1. The summed E-state index contributed by atoms with van der Waals surface area (Å²) in [6.07, 6.45) is -0.841. The lowest BCUT2D eigenvalue weighted by atomic mass is 10.2. The maximum atomic E-state index is 11.0. The van der Waals surface area contributed by atoms with Crippen LogP contribution in [-0.4, -0.2) is 72.9 Å². The predicted octanol–water partition coefficient (Wildman–Crippen LogP) is 2.60. The van der Waals surface area contributed by atoms with Crippen LogP contribution in [0.4, 0.5) is 10.5 Å². The molecule has 6 nitrogen and oxygen atoms in total. The summed E-state index contributed by atoms with van der Waals surface area (Å²) in [6.45, 7) is 11.6. The summed E-state index contributed by atoms with van der Waals surface area (Å²) >= 11 is 0. The Hall–Kier alpha value is -1.95. The van der Waals surface area contributed by atoms with E-state index in [1.807, 2.05) is 24.3 Å². The highest BCUT2D eigenvalue weighted by atomic mass is 16.5. The fraction of sp³-hybridized carbons (Fsp3) is 0.611. The number of nitrogens with zero attached hydrogens (tertiary/aromatic N) is 3. The summed E-state index contributed by atoms with van der Waals surface area (Å²) in [5.41, 5.74) is 1.05. The predicted molar refractivity (Wildman–Crippen MR) is 96.1 cm³/mol. The molecular formula is C18H29N3O3. The van der Waals surface area contributed by atoms with Crippen LogP contribution in [0.25, 0.3) is 0 Å². The maximum Gasteiger partial charge on any atom is 0.407 e. The molecule has 1 aliphatic rings. The molecule has 134 valence electrons. The number of rotatable bonds is 7. The van der Waals surface area contributed by atoms with Gasteiger partial charge >= 0.3 is 6.09 Å². The summed E-state index contributed by atoms with van der Waals surface area (Å²) < 4.78 is 6.10. The van der Waals surface area contributed by atoms with Gasteiger partial charge in [0, 0.05) is 32.2 Å². The van der Waals surface area contributed by atoms with Gasteiger partial charge in [-0.25, -0.2) is 4.79 Å². The molecule has 1 aromatic carbocycles. The lowest BCUT2D eigenvalue weighted by Crippen LogP contribution is -2.48. The highest BCUT2D eigenvalue weighted by Gasteiger charge is 2.22. The van der Waals surface area contributed by atoms with E-state index in [4.69, 9.17) is 9.84 Å². The van der Waals surface area contributed by atoms with Crippen LogP contribution in [0.15, 0.2) is 24.3 Å². The number of carbonyl (C=O) groups is 1. The molecular weight excluding hydrogens is 306 g/mol. The lowest BCUT2D eigenvalue weighted by molar-refractivity contribution is 0.142. The van der Waals surface area contributed by atoms with Gasteiger partial charge in [-0.15, -0.1) is 0 Å². The van der Waals surface area contributed by atoms with Gasteiger partial charge < -0.3 is 19.6 Å². The molecule has 1 N–H and O–H groups in total. The van der Waals surface area contributed by atoms with Crippen molar-refractivity contribution in [1.82, 2.24) is 9.80 Å². The Morgan fingerprint density at radius 1 is 1.21 bits per heavy atom. The number of hydrogen-bond donors (Lipinski definition) is 1. The Morgan fingerprint density at radius 3 is 2.42 bits per heavy atom. The average molecular weight is 335 g/mol. The summed E-state index contributed by atoms with van der Waals surface area (Å²) in [5, 5.41) is 9.07.